The molecule has 0 aliphatic carbocycles. The van der Waals surface area contributed by atoms with Gasteiger partial charge in [-0.15, -0.1) is 11.3 Å². The molecule has 0 amide bonds. The van der Waals surface area contributed by atoms with E-state index in [4.69, 9.17) is 22.1 Å². The van der Waals surface area contributed by atoms with Crippen LogP contribution in [0.5, 0.6) is 5.75 Å². The van der Waals surface area contributed by atoms with Gasteiger partial charge in [0.1, 0.15) is 11.9 Å². The Labute approximate surface area is 116 Å². The van der Waals surface area contributed by atoms with Crippen LogP contribution in [-0.2, 0) is 0 Å². The van der Waals surface area contributed by atoms with Gasteiger partial charge >= 0.3 is 0 Å². The Hall–Kier alpha value is -1.03. The summed E-state index contributed by atoms with van der Waals surface area (Å²) in [7, 11) is 0. The molecule has 0 fully saturated rings. The summed E-state index contributed by atoms with van der Waals surface area (Å²) in [4.78, 5) is 2.42. The summed E-state index contributed by atoms with van der Waals surface area (Å²) in [6.45, 7) is 4.52. The van der Waals surface area contributed by atoms with E-state index in [1.54, 1.807) is 11.3 Å². The van der Waals surface area contributed by atoms with E-state index in [-0.39, 0.29) is 6.10 Å². The Kier molecular flexibility index (Phi) is 4.27. The normalized spacial score (nSPS) is 12.4. The molecule has 2 rings (SSSR count). The fourth-order valence-corrected chi connectivity index (χ4v) is 2.89. The molecule has 0 saturated heterocycles. The molecule has 0 radical (unpaired) electrons. The van der Waals surface area contributed by atoms with Crippen molar-refractivity contribution in [1.82, 2.24) is 0 Å². The van der Waals surface area contributed by atoms with Crippen LogP contribution in [0.3, 0.4) is 0 Å². The van der Waals surface area contributed by atoms with Gasteiger partial charge in [-0.1, -0.05) is 11.6 Å². The van der Waals surface area contributed by atoms with Crippen LogP contribution in [0, 0.1) is 13.8 Å². The number of hydrogen-bond acceptors (Lipinski definition) is 3. The van der Waals surface area contributed by atoms with Gasteiger partial charge in [-0.05, 0) is 49.7 Å². The SMILES string of the molecule is Cc1ccc(C(CN)Oc2ccc(Cl)cc2C)s1. The lowest BCUT2D eigenvalue weighted by Crippen LogP contribution is -2.17. The number of hydrogen-bond donors (Lipinski definition) is 1. The predicted octanol–water partition coefficient (Wildman–Crippen LogP) is 4.10. The second-order valence-electron chi connectivity index (χ2n) is 4.20. The predicted molar refractivity (Wildman–Crippen MR) is 77.7 cm³/mol. The average Bonchev–Trinajstić information content (AvgIpc) is 2.75. The molecule has 0 aliphatic heterocycles. The maximum absolute atomic E-state index is 5.98. The lowest BCUT2D eigenvalue weighted by atomic mass is 10.2. The highest BCUT2D eigenvalue weighted by Gasteiger charge is 2.14. The minimum absolute atomic E-state index is 0.0939. The van der Waals surface area contributed by atoms with Gasteiger partial charge in [0.15, 0.2) is 0 Å². The zero-order valence-electron chi connectivity index (χ0n) is 10.4. The maximum Gasteiger partial charge on any atom is 0.145 e. The lowest BCUT2D eigenvalue weighted by molar-refractivity contribution is 0.216. The van der Waals surface area contributed by atoms with E-state index in [1.807, 2.05) is 25.1 Å². The summed E-state index contributed by atoms with van der Waals surface area (Å²) in [5.41, 5.74) is 6.82. The molecule has 0 bridgehead atoms. The van der Waals surface area contributed by atoms with E-state index in [0.29, 0.717) is 6.54 Å². The highest BCUT2D eigenvalue weighted by Crippen LogP contribution is 2.29. The highest BCUT2D eigenvalue weighted by atomic mass is 35.5. The van der Waals surface area contributed by atoms with Crippen molar-refractivity contribution in [2.45, 2.75) is 20.0 Å². The molecule has 2 nitrogen and oxygen atoms in total. The highest BCUT2D eigenvalue weighted by molar-refractivity contribution is 7.12. The smallest absolute Gasteiger partial charge is 0.145 e. The topological polar surface area (TPSA) is 35.2 Å². The van der Waals surface area contributed by atoms with Gasteiger partial charge in [0.25, 0.3) is 0 Å². The van der Waals surface area contributed by atoms with E-state index in [1.165, 1.54) is 4.88 Å². The lowest BCUT2D eigenvalue weighted by Gasteiger charge is -2.17. The van der Waals surface area contributed by atoms with Crippen LogP contribution in [-0.4, -0.2) is 6.54 Å². The first kappa shape index (κ1) is 13.4. The molecular formula is C14H16ClNOS. The van der Waals surface area contributed by atoms with Crippen LogP contribution in [0.25, 0.3) is 0 Å². The molecule has 1 aromatic carbocycles. The number of rotatable bonds is 4. The van der Waals surface area contributed by atoms with Gasteiger partial charge in [-0.2, -0.15) is 0 Å². The summed E-state index contributed by atoms with van der Waals surface area (Å²) < 4.78 is 5.98. The third-order valence-electron chi connectivity index (χ3n) is 2.70. The summed E-state index contributed by atoms with van der Waals surface area (Å²) in [5.74, 6) is 0.834. The summed E-state index contributed by atoms with van der Waals surface area (Å²) in [6.07, 6.45) is -0.0939. The average molecular weight is 282 g/mol. The largest absolute Gasteiger partial charge is 0.483 e. The standard InChI is InChI=1S/C14H16ClNOS/c1-9-7-11(15)4-5-12(9)17-13(8-16)14-6-3-10(2)18-14/h3-7,13H,8,16H2,1-2H3. The fourth-order valence-electron chi connectivity index (χ4n) is 1.75. The molecule has 2 N–H and O–H groups in total. The summed E-state index contributed by atoms with van der Waals surface area (Å²) >= 11 is 7.65. The molecule has 0 saturated carbocycles. The van der Waals surface area contributed by atoms with Crippen molar-refractivity contribution in [3.05, 3.63) is 50.7 Å². The number of thiophene rings is 1. The summed E-state index contributed by atoms with van der Waals surface area (Å²) in [5, 5.41) is 0.719. The second kappa shape index (κ2) is 5.74. The minimum Gasteiger partial charge on any atom is -0.483 e. The van der Waals surface area contributed by atoms with E-state index < -0.39 is 0 Å². The first-order valence-corrected chi connectivity index (χ1v) is 6.99. The summed E-state index contributed by atoms with van der Waals surface area (Å²) in [6, 6.07) is 9.77. The quantitative estimate of drug-likeness (QED) is 0.916. The minimum atomic E-state index is -0.0939. The number of aryl methyl sites for hydroxylation is 2. The Morgan fingerprint density at radius 1 is 1.28 bits per heavy atom. The molecular weight excluding hydrogens is 266 g/mol. The molecule has 0 spiro atoms. The molecule has 0 aliphatic rings. The van der Waals surface area contributed by atoms with E-state index in [2.05, 4.69) is 19.1 Å². The van der Waals surface area contributed by atoms with Crippen LogP contribution >= 0.6 is 22.9 Å². The maximum atomic E-state index is 5.98. The zero-order chi connectivity index (χ0) is 13.1. The second-order valence-corrected chi connectivity index (χ2v) is 5.96. The molecule has 1 unspecified atom stereocenters. The molecule has 1 atom stereocenters. The van der Waals surface area contributed by atoms with Crippen molar-refractivity contribution in [1.29, 1.82) is 0 Å². The van der Waals surface area contributed by atoms with Gasteiger partial charge in [0.2, 0.25) is 0 Å². The van der Waals surface area contributed by atoms with Crippen molar-refractivity contribution >= 4 is 22.9 Å². The van der Waals surface area contributed by atoms with Gasteiger partial charge in [0, 0.05) is 21.3 Å². The monoisotopic (exact) mass is 281 g/mol. The molecule has 18 heavy (non-hydrogen) atoms. The fraction of sp³-hybridized carbons (Fsp3) is 0.286. The van der Waals surface area contributed by atoms with E-state index in [0.717, 1.165) is 21.2 Å². The van der Waals surface area contributed by atoms with Crippen molar-refractivity contribution in [3.8, 4) is 5.75 Å². The number of benzene rings is 1. The molecule has 1 aromatic heterocycles. The van der Waals surface area contributed by atoms with Crippen LogP contribution in [0.15, 0.2) is 30.3 Å². The number of nitrogens with two attached hydrogens (primary N) is 1. The van der Waals surface area contributed by atoms with E-state index in [9.17, 15) is 0 Å². The van der Waals surface area contributed by atoms with Gasteiger partial charge in [-0.3, -0.25) is 0 Å². The third kappa shape index (κ3) is 3.05. The van der Waals surface area contributed by atoms with Crippen molar-refractivity contribution < 1.29 is 4.74 Å². The van der Waals surface area contributed by atoms with Crippen LogP contribution in [0.4, 0.5) is 0 Å². The van der Waals surface area contributed by atoms with Crippen molar-refractivity contribution in [2.24, 2.45) is 5.73 Å². The Balaban J connectivity index is 2.20. The van der Waals surface area contributed by atoms with Gasteiger partial charge < -0.3 is 10.5 Å². The van der Waals surface area contributed by atoms with Gasteiger partial charge in [-0.25, -0.2) is 0 Å². The van der Waals surface area contributed by atoms with Crippen molar-refractivity contribution in [2.75, 3.05) is 6.54 Å². The molecule has 96 valence electrons. The zero-order valence-corrected chi connectivity index (χ0v) is 12.0. The Morgan fingerprint density at radius 3 is 2.61 bits per heavy atom. The first-order chi connectivity index (χ1) is 8.60. The Bertz CT molecular complexity index is 538. The van der Waals surface area contributed by atoms with Crippen LogP contribution in [0.1, 0.15) is 21.4 Å². The van der Waals surface area contributed by atoms with Crippen molar-refractivity contribution in [3.63, 3.8) is 0 Å². The Morgan fingerprint density at radius 2 is 2.06 bits per heavy atom. The molecule has 2 aromatic rings. The first-order valence-electron chi connectivity index (χ1n) is 5.79. The molecule has 1 heterocycles. The molecule has 4 heteroatoms. The van der Waals surface area contributed by atoms with Crippen LogP contribution < -0.4 is 10.5 Å². The van der Waals surface area contributed by atoms with Crippen LogP contribution in [0.2, 0.25) is 5.02 Å². The number of halogens is 1. The van der Waals surface area contributed by atoms with Gasteiger partial charge in [0.05, 0.1) is 0 Å². The number of ether oxygens (including phenoxy) is 1. The third-order valence-corrected chi connectivity index (χ3v) is 4.03. The van der Waals surface area contributed by atoms with E-state index >= 15 is 0 Å².